The fraction of sp³-hybridized carbons (Fsp3) is 0.278. The van der Waals surface area contributed by atoms with Crippen molar-refractivity contribution in [1.82, 2.24) is 0 Å². The predicted molar refractivity (Wildman–Crippen MR) is 89.3 cm³/mol. The van der Waals surface area contributed by atoms with Gasteiger partial charge in [-0.25, -0.2) is 0 Å². The lowest BCUT2D eigenvalue weighted by atomic mass is 10.0. The van der Waals surface area contributed by atoms with Crippen LogP contribution in [0.15, 0.2) is 48.5 Å². The molecule has 0 spiro atoms. The number of hydrogen-bond donors (Lipinski definition) is 1. The summed E-state index contributed by atoms with van der Waals surface area (Å²) in [6, 6.07) is 15.6. The van der Waals surface area contributed by atoms with Gasteiger partial charge in [0, 0.05) is 31.0 Å². The number of hydrogen-bond acceptors (Lipinski definition) is 2. The molecule has 3 nitrogen and oxygen atoms in total. The summed E-state index contributed by atoms with van der Waals surface area (Å²) in [5.74, 6) is 0.392. The molecule has 2 aromatic carbocycles. The Morgan fingerprint density at radius 1 is 0.952 bits per heavy atom. The second-order valence-electron chi connectivity index (χ2n) is 5.67. The van der Waals surface area contributed by atoms with Crippen LogP contribution in [0, 0.1) is 0 Å². The number of nitrogens with zero attached hydrogens (tertiary/aromatic N) is 1. The highest BCUT2D eigenvalue weighted by atomic mass is 16.1. The summed E-state index contributed by atoms with van der Waals surface area (Å²) in [4.78, 5) is 14.2. The number of carbonyl (C=O) groups excluding carboxylic acids is 1. The number of anilines is 2. The van der Waals surface area contributed by atoms with Crippen molar-refractivity contribution in [2.45, 2.75) is 19.8 Å². The molecule has 2 aromatic rings. The average Bonchev–Trinajstić information content (AvgIpc) is 2.47. The van der Waals surface area contributed by atoms with Crippen LogP contribution < -0.4 is 10.2 Å². The zero-order chi connectivity index (χ0) is 15.4. The molecular formula is C18H22N2O. The molecule has 0 saturated heterocycles. The van der Waals surface area contributed by atoms with Crippen molar-refractivity contribution in [2.75, 3.05) is 24.3 Å². The summed E-state index contributed by atoms with van der Waals surface area (Å²) in [5, 5.41) is 2.92. The van der Waals surface area contributed by atoms with Gasteiger partial charge in [0.05, 0.1) is 0 Å². The smallest absolute Gasteiger partial charge is 0.255 e. The molecule has 1 N–H and O–H groups in total. The third kappa shape index (κ3) is 3.85. The summed E-state index contributed by atoms with van der Waals surface area (Å²) in [6.07, 6.45) is 0. The van der Waals surface area contributed by atoms with E-state index in [1.165, 1.54) is 5.56 Å². The molecule has 0 aliphatic rings. The molecule has 0 fully saturated rings. The quantitative estimate of drug-likeness (QED) is 0.914. The Kier molecular flexibility index (Phi) is 4.63. The molecule has 3 heteroatoms. The van der Waals surface area contributed by atoms with Crippen LogP contribution >= 0.6 is 0 Å². The van der Waals surface area contributed by atoms with E-state index >= 15 is 0 Å². The van der Waals surface area contributed by atoms with Gasteiger partial charge in [-0.1, -0.05) is 26.0 Å². The molecule has 0 heterocycles. The van der Waals surface area contributed by atoms with Gasteiger partial charge in [-0.3, -0.25) is 4.79 Å². The van der Waals surface area contributed by atoms with Crippen LogP contribution in [-0.2, 0) is 0 Å². The Labute approximate surface area is 126 Å². The number of nitrogens with one attached hydrogen (secondary N) is 1. The van der Waals surface area contributed by atoms with Crippen LogP contribution in [0.5, 0.6) is 0 Å². The number of benzene rings is 2. The first-order chi connectivity index (χ1) is 9.97. The minimum atomic E-state index is -0.0806. The second kappa shape index (κ2) is 6.44. The Hall–Kier alpha value is -2.29. The Bertz CT molecular complexity index is 598. The van der Waals surface area contributed by atoms with E-state index in [1.807, 2.05) is 67.5 Å². The molecule has 0 aliphatic carbocycles. The normalized spacial score (nSPS) is 10.5. The first-order valence-corrected chi connectivity index (χ1v) is 7.16. The molecule has 0 radical (unpaired) electrons. The standard InChI is InChI=1S/C18H22N2O/c1-13(2)14-5-7-15(8-6-14)18(21)19-16-9-11-17(12-10-16)20(3)4/h5-13H,1-4H3,(H,19,21). The van der Waals surface area contributed by atoms with Crippen molar-refractivity contribution >= 4 is 17.3 Å². The summed E-state index contributed by atoms with van der Waals surface area (Å²) in [5.41, 5.74) is 3.82. The van der Waals surface area contributed by atoms with Gasteiger partial charge in [0.2, 0.25) is 0 Å². The fourth-order valence-electron chi connectivity index (χ4n) is 2.07. The van der Waals surface area contributed by atoms with Gasteiger partial charge in [0.1, 0.15) is 0 Å². The van der Waals surface area contributed by atoms with E-state index in [1.54, 1.807) is 0 Å². The van der Waals surface area contributed by atoms with Gasteiger partial charge in [-0.05, 0) is 47.9 Å². The highest BCUT2D eigenvalue weighted by molar-refractivity contribution is 6.04. The van der Waals surface area contributed by atoms with E-state index in [9.17, 15) is 4.79 Å². The molecular weight excluding hydrogens is 260 g/mol. The topological polar surface area (TPSA) is 32.3 Å². The lowest BCUT2D eigenvalue weighted by Crippen LogP contribution is -2.12. The molecule has 0 aliphatic heterocycles. The first kappa shape index (κ1) is 15.1. The molecule has 0 bridgehead atoms. The van der Waals surface area contributed by atoms with Crippen molar-refractivity contribution < 1.29 is 4.79 Å². The number of rotatable bonds is 4. The van der Waals surface area contributed by atoms with E-state index in [-0.39, 0.29) is 5.91 Å². The highest BCUT2D eigenvalue weighted by Gasteiger charge is 2.07. The monoisotopic (exact) mass is 282 g/mol. The molecule has 21 heavy (non-hydrogen) atoms. The average molecular weight is 282 g/mol. The highest BCUT2D eigenvalue weighted by Crippen LogP contribution is 2.18. The molecule has 1 amide bonds. The lowest BCUT2D eigenvalue weighted by molar-refractivity contribution is 0.102. The van der Waals surface area contributed by atoms with Gasteiger partial charge in [-0.15, -0.1) is 0 Å². The third-order valence-corrected chi connectivity index (χ3v) is 3.48. The van der Waals surface area contributed by atoms with Gasteiger partial charge < -0.3 is 10.2 Å². The predicted octanol–water partition coefficient (Wildman–Crippen LogP) is 4.13. The van der Waals surface area contributed by atoms with E-state index in [0.717, 1.165) is 11.4 Å². The van der Waals surface area contributed by atoms with Gasteiger partial charge in [-0.2, -0.15) is 0 Å². The van der Waals surface area contributed by atoms with Crippen molar-refractivity contribution in [3.05, 3.63) is 59.7 Å². The fourth-order valence-corrected chi connectivity index (χ4v) is 2.07. The van der Waals surface area contributed by atoms with E-state index in [0.29, 0.717) is 11.5 Å². The van der Waals surface area contributed by atoms with Crippen molar-refractivity contribution in [3.8, 4) is 0 Å². The minimum absolute atomic E-state index is 0.0806. The minimum Gasteiger partial charge on any atom is -0.378 e. The van der Waals surface area contributed by atoms with Crippen molar-refractivity contribution in [1.29, 1.82) is 0 Å². The Morgan fingerprint density at radius 2 is 1.52 bits per heavy atom. The number of amides is 1. The molecule has 0 saturated carbocycles. The molecule has 0 atom stereocenters. The van der Waals surface area contributed by atoms with E-state index in [4.69, 9.17) is 0 Å². The lowest BCUT2D eigenvalue weighted by Gasteiger charge is -2.13. The van der Waals surface area contributed by atoms with Crippen LogP contribution in [0.2, 0.25) is 0 Å². The molecule has 2 rings (SSSR count). The Balaban J connectivity index is 2.06. The van der Waals surface area contributed by atoms with Crippen LogP contribution in [0.1, 0.15) is 35.7 Å². The van der Waals surface area contributed by atoms with Gasteiger partial charge >= 0.3 is 0 Å². The maximum Gasteiger partial charge on any atom is 0.255 e. The van der Waals surface area contributed by atoms with Crippen molar-refractivity contribution in [2.24, 2.45) is 0 Å². The van der Waals surface area contributed by atoms with Crippen LogP contribution in [0.4, 0.5) is 11.4 Å². The van der Waals surface area contributed by atoms with Crippen molar-refractivity contribution in [3.63, 3.8) is 0 Å². The molecule has 0 unspecified atom stereocenters. The summed E-state index contributed by atoms with van der Waals surface area (Å²) < 4.78 is 0. The van der Waals surface area contributed by atoms with E-state index in [2.05, 4.69) is 19.2 Å². The summed E-state index contributed by atoms with van der Waals surface area (Å²) in [6.45, 7) is 4.28. The van der Waals surface area contributed by atoms with Gasteiger partial charge in [0.25, 0.3) is 5.91 Å². The first-order valence-electron chi connectivity index (χ1n) is 7.16. The zero-order valence-corrected chi connectivity index (χ0v) is 13.1. The summed E-state index contributed by atoms with van der Waals surface area (Å²) >= 11 is 0. The summed E-state index contributed by atoms with van der Waals surface area (Å²) in [7, 11) is 3.98. The van der Waals surface area contributed by atoms with Gasteiger partial charge in [0.15, 0.2) is 0 Å². The van der Waals surface area contributed by atoms with Crippen LogP contribution in [0.25, 0.3) is 0 Å². The van der Waals surface area contributed by atoms with E-state index < -0.39 is 0 Å². The molecule has 110 valence electrons. The maximum absolute atomic E-state index is 12.2. The largest absolute Gasteiger partial charge is 0.378 e. The molecule has 0 aromatic heterocycles. The van der Waals surface area contributed by atoms with Crippen LogP contribution in [-0.4, -0.2) is 20.0 Å². The van der Waals surface area contributed by atoms with Crippen LogP contribution in [0.3, 0.4) is 0 Å². The zero-order valence-electron chi connectivity index (χ0n) is 13.1. The second-order valence-corrected chi connectivity index (χ2v) is 5.67. The Morgan fingerprint density at radius 3 is 2.00 bits per heavy atom. The maximum atomic E-state index is 12.2. The SMILES string of the molecule is CC(C)c1ccc(C(=O)Nc2ccc(N(C)C)cc2)cc1. The number of carbonyl (C=O) groups is 1. The third-order valence-electron chi connectivity index (χ3n) is 3.48.